The van der Waals surface area contributed by atoms with E-state index in [-0.39, 0.29) is 0 Å². The van der Waals surface area contributed by atoms with Gasteiger partial charge in [-0.05, 0) is 11.1 Å². The molecule has 0 N–H and O–H groups in total. The third kappa shape index (κ3) is 1.07. The van der Waals surface area contributed by atoms with Crippen LogP contribution in [0, 0.1) is 5.92 Å². The van der Waals surface area contributed by atoms with Gasteiger partial charge in [-0.15, -0.1) is 0 Å². The Kier molecular flexibility index (Phi) is 1.66. The van der Waals surface area contributed by atoms with Crippen molar-refractivity contribution >= 4 is 6.08 Å². The fourth-order valence-corrected chi connectivity index (χ4v) is 2.30. The van der Waals surface area contributed by atoms with Crippen LogP contribution in [0.2, 0.25) is 0 Å². The lowest BCUT2D eigenvalue weighted by atomic mass is 9.89. The Hall–Kier alpha value is -1.56. The van der Waals surface area contributed by atoms with Crippen LogP contribution in [0.3, 0.4) is 0 Å². The Balaban J connectivity index is 2.02. The van der Waals surface area contributed by atoms with Crippen LogP contribution in [-0.4, -0.2) is 0 Å². The quantitative estimate of drug-likeness (QED) is 0.620. The first kappa shape index (κ1) is 7.81. The minimum atomic E-state index is 0.557. The topological polar surface area (TPSA) is 0 Å². The molecule has 0 radical (unpaired) electrons. The van der Waals surface area contributed by atoms with Crippen molar-refractivity contribution in [1.29, 1.82) is 0 Å². The van der Waals surface area contributed by atoms with E-state index in [1.165, 1.54) is 11.1 Å². The fourth-order valence-electron chi connectivity index (χ4n) is 2.30. The zero-order valence-electron chi connectivity index (χ0n) is 7.93. The van der Waals surface area contributed by atoms with Crippen molar-refractivity contribution in [2.45, 2.75) is 5.92 Å². The molecule has 1 aromatic carbocycles. The summed E-state index contributed by atoms with van der Waals surface area (Å²) in [4.78, 5) is 0. The monoisotopic (exact) mass is 180 g/mol. The lowest BCUT2D eigenvalue weighted by molar-refractivity contribution is 0.725. The Morgan fingerprint density at radius 1 is 0.857 bits per heavy atom. The van der Waals surface area contributed by atoms with E-state index in [0.29, 0.717) is 11.8 Å². The first-order valence-electron chi connectivity index (χ1n) is 5.07. The molecule has 0 bridgehead atoms. The third-order valence-corrected chi connectivity index (χ3v) is 3.03. The summed E-state index contributed by atoms with van der Waals surface area (Å²) in [6, 6.07) is 8.65. The van der Waals surface area contributed by atoms with Gasteiger partial charge in [0.2, 0.25) is 0 Å². The normalized spacial score (nSPS) is 23.3. The Bertz CT molecular complexity index is 423. The minimum absolute atomic E-state index is 0.557. The van der Waals surface area contributed by atoms with E-state index in [2.05, 4.69) is 60.7 Å². The van der Waals surface area contributed by atoms with E-state index in [0.717, 1.165) is 0 Å². The summed E-state index contributed by atoms with van der Waals surface area (Å²) >= 11 is 0. The molecule has 0 saturated heterocycles. The van der Waals surface area contributed by atoms with Gasteiger partial charge in [0.15, 0.2) is 0 Å². The molecule has 2 aliphatic carbocycles. The molecule has 0 spiro atoms. The molecule has 0 aliphatic heterocycles. The van der Waals surface area contributed by atoms with Crippen molar-refractivity contribution < 1.29 is 0 Å². The van der Waals surface area contributed by atoms with Gasteiger partial charge in [-0.3, -0.25) is 0 Å². The largest absolute Gasteiger partial charge is 0.0767 e. The zero-order chi connectivity index (χ0) is 9.38. The van der Waals surface area contributed by atoms with Gasteiger partial charge < -0.3 is 0 Å². The lowest BCUT2D eigenvalue weighted by Crippen LogP contribution is -2.02. The van der Waals surface area contributed by atoms with E-state index in [4.69, 9.17) is 0 Å². The maximum atomic E-state index is 2.31. The molecule has 3 rings (SSSR count). The van der Waals surface area contributed by atoms with E-state index < -0.39 is 0 Å². The highest BCUT2D eigenvalue weighted by molar-refractivity contribution is 5.63. The van der Waals surface area contributed by atoms with Crippen LogP contribution < -0.4 is 0 Å². The van der Waals surface area contributed by atoms with Crippen molar-refractivity contribution in [3.05, 3.63) is 65.8 Å². The van der Waals surface area contributed by atoms with Crippen molar-refractivity contribution in [2.24, 2.45) is 5.92 Å². The number of rotatable bonds is 1. The van der Waals surface area contributed by atoms with Gasteiger partial charge in [-0.2, -0.15) is 0 Å². The van der Waals surface area contributed by atoms with Crippen molar-refractivity contribution in [2.75, 3.05) is 0 Å². The summed E-state index contributed by atoms with van der Waals surface area (Å²) in [6.45, 7) is 0. The molecule has 2 aliphatic rings. The van der Waals surface area contributed by atoms with Gasteiger partial charge in [-0.1, -0.05) is 60.7 Å². The molecule has 68 valence electrons. The summed E-state index contributed by atoms with van der Waals surface area (Å²) in [5.74, 6) is 1.12. The molecule has 0 saturated carbocycles. The fraction of sp³-hybridized carbons (Fsp3) is 0.143. The highest BCUT2D eigenvalue weighted by Gasteiger charge is 2.22. The van der Waals surface area contributed by atoms with E-state index >= 15 is 0 Å². The van der Waals surface area contributed by atoms with E-state index in [1.807, 2.05) is 0 Å². The average Bonchev–Trinajstić information content (AvgIpc) is 2.85. The Labute approximate surface area is 84.3 Å². The van der Waals surface area contributed by atoms with Crippen LogP contribution in [0.1, 0.15) is 17.0 Å². The second kappa shape index (κ2) is 2.98. The van der Waals surface area contributed by atoms with Crippen molar-refractivity contribution in [3.8, 4) is 0 Å². The van der Waals surface area contributed by atoms with Crippen LogP contribution in [0.5, 0.6) is 0 Å². The zero-order valence-corrected chi connectivity index (χ0v) is 7.93. The first-order valence-corrected chi connectivity index (χ1v) is 5.07. The first-order chi connectivity index (χ1) is 6.95. The van der Waals surface area contributed by atoms with E-state index in [1.54, 1.807) is 0 Å². The summed E-state index contributed by atoms with van der Waals surface area (Å²) < 4.78 is 0. The Morgan fingerprint density at radius 2 is 1.64 bits per heavy atom. The Morgan fingerprint density at radius 3 is 2.50 bits per heavy atom. The molecule has 0 heteroatoms. The van der Waals surface area contributed by atoms with Crippen LogP contribution in [-0.2, 0) is 0 Å². The third-order valence-electron chi connectivity index (χ3n) is 3.03. The molecule has 1 aromatic rings. The highest BCUT2D eigenvalue weighted by Crippen LogP contribution is 2.37. The number of allylic oxidation sites excluding steroid dienone is 5. The average molecular weight is 180 g/mol. The van der Waals surface area contributed by atoms with Crippen molar-refractivity contribution in [3.63, 3.8) is 0 Å². The molecular formula is C14H12. The number of fused-ring (bicyclic) bond motifs is 1. The van der Waals surface area contributed by atoms with E-state index in [9.17, 15) is 0 Å². The molecule has 0 nitrogen and oxygen atoms in total. The van der Waals surface area contributed by atoms with Crippen molar-refractivity contribution in [1.82, 2.24) is 0 Å². The molecule has 0 heterocycles. The standard InChI is InChI=1S/C14H12/c1-2-6-11(5-1)14-10-9-12-7-3-4-8-13(12)14/h1-11,14H. The smallest absolute Gasteiger partial charge is 0.0125 e. The SMILES string of the molecule is C1=CC(C2C=Cc3ccccc32)C=C1. The molecule has 1 unspecified atom stereocenters. The molecule has 0 fully saturated rings. The highest BCUT2D eigenvalue weighted by atomic mass is 14.3. The van der Waals surface area contributed by atoms with Crippen LogP contribution >= 0.6 is 0 Å². The summed E-state index contributed by atoms with van der Waals surface area (Å²) in [6.07, 6.45) is 13.4. The molecule has 0 aromatic heterocycles. The minimum Gasteiger partial charge on any atom is -0.0767 e. The van der Waals surface area contributed by atoms with Gasteiger partial charge in [0.05, 0.1) is 0 Å². The lowest BCUT2D eigenvalue weighted by Gasteiger charge is -2.14. The maximum Gasteiger partial charge on any atom is 0.0125 e. The summed E-state index contributed by atoms with van der Waals surface area (Å²) in [7, 11) is 0. The maximum absolute atomic E-state index is 2.31. The van der Waals surface area contributed by atoms with Crippen LogP contribution in [0.15, 0.2) is 54.6 Å². The molecule has 14 heavy (non-hydrogen) atoms. The summed E-state index contributed by atoms with van der Waals surface area (Å²) in [5.41, 5.74) is 2.85. The van der Waals surface area contributed by atoms with Gasteiger partial charge in [0.1, 0.15) is 0 Å². The number of benzene rings is 1. The number of hydrogen-bond donors (Lipinski definition) is 0. The molecule has 1 atom stereocenters. The van der Waals surface area contributed by atoms with Crippen LogP contribution in [0.25, 0.3) is 6.08 Å². The van der Waals surface area contributed by atoms with Gasteiger partial charge in [-0.25, -0.2) is 0 Å². The van der Waals surface area contributed by atoms with Gasteiger partial charge in [0, 0.05) is 11.8 Å². The van der Waals surface area contributed by atoms with Gasteiger partial charge >= 0.3 is 0 Å². The van der Waals surface area contributed by atoms with Crippen LogP contribution in [0.4, 0.5) is 0 Å². The predicted octanol–water partition coefficient (Wildman–Crippen LogP) is 3.54. The number of hydrogen-bond acceptors (Lipinski definition) is 0. The molecular weight excluding hydrogens is 168 g/mol. The second-order valence-corrected chi connectivity index (χ2v) is 3.86. The summed E-state index contributed by atoms with van der Waals surface area (Å²) in [5, 5.41) is 0. The second-order valence-electron chi connectivity index (χ2n) is 3.86. The van der Waals surface area contributed by atoms with Gasteiger partial charge in [0.25, 0.3) is 0 Å². The molecule has 0 amide bonds. The predicted molar refractivity (Wildman–Crippen MR) is 60.0 cm³/mol.